The molecule has 3 rings (SSSR count). The van der Waals surface area contributed by atoms with Crippen molar-refractivity contribution in [3.8, 4) is 17.2 Å². The lowest BCUT2D eigenvalue weighted by Gasteiger charge is -2.10. The molecule has 0 aliphatic rings. The van der Waals surface area contributed by atoms with Crippen molar-refractivity contribution in [2.45, 2.75) is 52.5 Å². The molecule has 0 aliphatic carbocycles. The molecule has 0 fully saturated rings. The molecular formula is C24H25F3N2O4. The fourth-order valence-electron chi connectivity index (χ4n) is 3.39. The molecule has 1 aromatic heterocycles. The number of nitrogens with zero attached hydrogens (tertiary/aromatic N) is 2. The van der Waals surface area contributed by atoms with Crippen LogP contribution in [0.3, 0.4) is 0 Å². The molecule has 9 heteroatoms. The molecule has 2 aromatic carbocycles. The molecule has 0 saturated carbocycles. The number of rotatable bonds is 9. The second kappa shape index (κ2) is 9.97. The summed E-state index contributed by atoms with van der Waals surface area (Å²) in [6.45, 7) is 6.17. The Kier molecular flexibility index (Phi) is 7.30. The first kappa shape index (κ1) is 24.2. The summed E-state index contributed by atoms with van der Waals surface area (Å²) >= 11 is 0. The van der Waals surface area contributed by atoms with Gasteiger partial charge in [0.25, 0.3) is 0 Å². The zero-order valence-corrected chi connectivity index (χ0v) is 18.5. The molecule has 1 N–H and O–H groups in total. The first-order valence-electron chi connectivity index (χ1n) is 10.4. The van der Waals surface area contributed by atoms with Gasteiger partial charge in [-0.05, 0) is 66.8 Å². The Morgan fingerprint density at radius 1 is 1.09 bits per heavy atom. The standard InChI is InChI=1S/C24H25F3N2O4/c1-15(2)23-18(14-32-21-8-4-17(16(3)12-21)5-11-22(30)31)13-29(28-23)19-6-9-20(10-7-19)33-24(25,26)27/h4,6-10,12-13,15H,5,11,14H2,1-3H3,(H,30,31). The Morgan fingerprint density at radius 2 is 1.76 bits per heavy atom. The van der Waals surface area contributed by atoms with Crippen LogP contribution in [0.15, 0.2) is 48.7 Å². The van der Waals surface area contributed by atoms with Crippen LogP contribution >= 0.6 is 0 Å². The lowest BCUT2D eigenvalue weighted by molar-refractivity contribution is -0.274. The van der Waals surface area contributed by atoms with Crippen molar-refractivity contribution in [1.82, 2.24) is 9.78 Å². The summed E-state index contributed by atoms with van der Waals surface area (Å²) in [5.74, 6) is -0.371. The minimum atomic E-state index is -4.74. The van der Waals surface area contributed by atoms with Crippen LogP contribution in [0.25, 0.3) is 5.69 Å². The van der Waals surface area contributed by atoms with Gasteiger partial charge in [0.05, 0.1) is 11.4 Å². The Balaban J connectivity index is 1.74. The van der Waals surface area contributed by atoms with E-state index in [1.54, 1.807) is 10.9 Å². The van der Waals surface area contributed by atoms with Crippen LogP contribution in [0.2, 0.25) is 0 Å². The number of alkyl halides is 3. The Bertz CT molecular complexity index is 1110. The first-order valence-corrected chi connectivity index (χ1v) is 10.4. The van der Waals surface area contributed by atoms with Crippen LogP contribution in [0.1, 0.15) is 48.6 Å². The molecule has 1 heterocycles. The van der Waals surface area contributed by atoms with E-state index in [1.165, 1.54) is 24.3 Å². The highest BCUT2D eigenvalue weighted by molar-refractivity contribution is 5.67. The Hall–Kier alpha value is -3.49. The highest BCUT2D eigenvalue weighted by Crippen LogP contribution is 2.26. The minimum absolute atomic E-state index is 0.0707. The van der Waals surface area contributed by atoms with E-state index in [2.05, 4.69) is 9.84 Å². The topological polar surface area (TPSA) is 73.6 Å². The number of halogens is 3. The lowest BCUT2D eigenvalue weighted by atomic mass is 10.0. The average molecular weight is 462 g/mol. The smallest absolute Gasteiger partial charge is 0.489 e. The van der Waals surface area contributed by atoms with Gasteiger partial charge in [0, 0.05) is 18.2 Å². The number of carboxylic acids is 1. The van der Waals surface area contributed by atoms with Crippen LogP contribution in [0, 0.1) is 6.92 Å². The van der Waals surface area contributed by atoms with Gasteiger partial charge in [-0.2, -0.15) is 5.10 Å². The van der Waals surface area contributed by atoms with Crippen molar-refractivity contribution in [3.05, 3.63) is 71.0 Å². The maximum atomic E-state index is 12.4. The third-order valence-electron chi connectivity index (χ3n) is 5.02. The molecule has 176 valence electrons. The van der Waals surface area contributed by atoms with E-state index < -0.39 is 12.3 Å². The van der Waals surface area contributed by atoms with Crippen molar-refractivity contribution in [3.63, 3.8) is 0 Å². The molecule has 6 nitrogen and oxygen atoms in total. The molecule has 0 atom stereocenters. The summed E-state index contributed by atoms with van der Waals surface area (Å²) in [6, 6.07) is 11.0. The van der Waals surface area contributed by atoms with Gasteiger partial charge in [0.2, 0.25) is 0 Å². The Labute approximate surface area is 189 Å². The number of aliphatic carboxylic acids is 1. The molecule has 0 unspecified atom stereocenters. The molecule has 33 heavy (non-hydrogen) atoms. The van der Waals surface area contributed by atoms with Gasteiger partial charge in [0.1, 0.15) is 18.1 Å². The fourth-order valence-corrected chi connectivity index (χ4v) is 3.39. The number of aryl methyl sites for hydroxylation is 2. The van der Waals surface area contributed by atoms with Gasteiger partial charge >= 0.3 is 12.3 Å². The second-order valence-electron chi connectivity index (χ2n) is 7.95. The van der Waals surface area contributed by atoms with Crippen molar-refractivity contribution < 1.29 is 32.5 Å². The quantitative estimate of drug-likeness (QED) is 0.435. The van der Waals surface area contributed by atoms with Crippen molar-refractivity contribution >= 4 is 5.97 Å². The number of hydrogen-bond donors (Lipinski definition) is 1. The van der Waals surface area contributed by atoms with Crippen molar-refractivity contribution in [1.29, 1.82) is 0 Å². The van der Waals surface area contributed by atoms with Crippen LogP contribution in [0.5, 0.6) is 11.5 Å². The minimum Gasteiger partial charge on any atom is -0.489 e. The molecule has 0 radical (unpaired) electrons. The maximum absolute atomic E-state index is 12.4. The van der Waals surface area contributed by atoms with Crippen molar-refractivity contribution in [2.75, 3.05) is 0 Å². The van der Waals surface area contributed by atoms with E-state index in [0.717, 1.165) is 22.4 Å². The third-order valence-corrected chi connectivity index (χ3v) is 5.02. The number of ether oxygens (including phenoxy) is 2. The van der Waals surface area contributed by atoms with Gasteiger partial charge in [-0.15, -0.1) is 13.2 Å². The number of benzene rings is 2. The number of carboxylic acid groups (broad SMARTS) is 1. The molecular weight excluding hydrogens is 437 g/mol. The monoisotopic (exact) mass is 462 g/mol. The van der Waals surface area contributed by atoms with Gasteiger partial charge < -0.3 is 14.6 Å². The maximum Gasteiger partial charge on any atom is 0.573 e. The zero-order chi connectivity index (χ0) is 24.2. The molecule has 3 aromatic rings. The van der Waals surface area contributed by atoms with E-state index in [4.69, 9.17) is 9.84 Å². The predicted molar refractivity (Wildman–Crippen MR) is 116 cm³/mol. The summed E-state index contributed by atoms with van der Waals surface area (Å²) in [7, 11) is 0. The summed E-state index contributed by atoms with van der Waals surface area (Å²) in [5, 5.41) is 13.4. The van der Waals surface area contributed by atoms with E-state index in [1.807, 2.05) is 39.0 Å². The molecule has 0 saturated heterocycles. The van der Waals surface area contributed by atoms with Gasteiger partial charge in [-0.1, -0.05) is 19.9 Å². The van der Waals surface area contributed by atoms with Crippen LogP contribution < -0.4 is 9.47 Å². The molecule has 0 spiro atoms. The van der Waals surface area contributed by atoms with E-state index in [0.29, 0.717) is 17.9 Å². The van der Waals surface area contributed by atoms with Crippen molar-refractivity contribution in [2.24, 2.45) is 0 Å². The van der Waals surface area contributed by atoms with E-state index in [-0.39, 0.29) is 24.7 Å². The fraction of sp³-hybridized carbons (Fsp3) is 0.333. The zero-order valence-electron chi connectivity index (χ0n) is 18.5. The summed E-state index contributed by atoms with van der Waals surface area (Å²) in [5.41, 5.74) is 4.18. The number of aromatic nitrogens is 2. The average Bonchev–Trinajstić information content (AvgIpc) is 3.15. The van der Waals surface area contributed by atoms with Crippen LogP contribution in [-0.2, 0) is 17.8 Å². The summed E-state index contributed by atoms with van der Waals surface area (Å²) < 4.78 is 48.6. The molecule has 0 aliphatic heterocycles. The Morgan fingerprint density at radius 3 is 2.33 bits per heavy atom. The summed E-state index contributed by atoms with van der Waals surface area (Å²) in [4.78, 5) is 10.8. The van der Waals surface area contributed by atoms with E-state index in [9.17, 15) is 18.0 Å². The van der Waals surface area contributed by atoms with Crippen LogP contribution in [-0.4, -0.2) is 27.2 Å². The number of carbonyl (C=O) groups is 1. The third kappa shape index (κ3) is 6.74. The highest BCUT2D eigenvalue weighted by atomic mass is 19.4. The normalized spacial score (nSPS) is 11.6. The SMILES string of the molecule is Cc1cc(OCc2cn(-c3ccc(OC(F)(F)F)cc3)nc2C(C)C)ccc1CCC(=O)O. The molecule has 0 bridgehead atoms. The largest absolute Gasteiger partial charge is 0.573 e. The van der Waals surface area contributed by atoms with E-state index >= 15 is 0 Å². The van der Waals surface area contributed by atoms with Gasteiger partial charge in [-0.25, -0.2) is 4.68 Å². The highest BCUT2D eigenvalue weighted by Gasteiger charge is 2.31. The van der Waals surface area contributed by atoms with Crippen LogP contribution in [0.4, 0.5) is 13.2 Å². The second-order valence-corrected chi connectivity index (χ2v) is 7.95. The molecule has 0 amide bonds. The first-order chi connectivity index (χ1) is 15.5. The van der Waals surface area contributed by atoms with Gasteiger partial charge in [-0.3, -0.25) is 4.79 Å². The van der Waals surface area contributed by atoms with Gasteiger partial charge in [0.15, 0.2) is 0 Å². The summed E-state index contributed by atoms with van der Waals surface area (Å²) in [6.07, 6.45) is -2.42. The number of hydrogen-bond acceptors (Lipinski definition) is 4. The predicted octanol–water partition coefficient (Wildman–Crippen LogP) is 5.80. The lowest BCUT2D eigenvalue weighted by Crippen LogP contribution is -2.17.